The molecule has 0 heterocycles. The lowest BCUT2D eigenvalue weighted by Gasteiger charge is -2.12. The number of alkyl halides is 1. The Hall–Kier alpha value is -1.20. The van der Waals surface area contributed by atoms with Gasteiger partial charge in [0.1, 0.15) is 11.6 Å². The van der Waals surface area contributed by atoms with E-state index >= 15 is 0 Å². The van der Waals surface area contributed by atoms with Crippen molar-refractivity contribution in [2.45, 2.75) is 26.4 Å². The average Bonchev–Trinajstić information content (AvgIpc) is 2.25. The quantitative estimate of drug-likeness (QED) is 0.580. The summed E-state index contributed by atoms with van der Waals surface area (Å²) in [7, 11) is 0. The Labute approximate surface area is 101 Å². The van der Waals surface area contributed by atoms with Gasteiger partial charge in [-0.2, -0.15) is 0 Å². The summed E-state index contributed by atoms with van der Waals surface area (Å²) >= 11 is 5.44. The molecule has 0 spiro atoms. The number of hydrogen-bond donors (Lipinski definition) is 0. The summed E-state index contributed by atoms with van der Waals surface area (Å²) in [5.41, 5.74) is 0.582. The zero-order chi connectivity index (χ0) is 12.0. The molecule has 1 unspecified atom stereocenters. The van der Waals surface area contributed by atoms with Gasteiger partial charge in [0.25, 0.3) is 0 Å². The highest BCUT2D eigenvalue weighted by Crippen LogP contribution is 2.18. The van der Waals surface area contributed by atoms with Crippen molar-refractivity contribution in [2.75, 3.05) is 5.88 Å². The molecule has 0 aromatic heterocycles. The Morgan fingerprint density at radius 1 is 1.44 bits per heavy atom. The molecular formula is C13H14ClFO. The van der Waals surface area contributed by atoms with Crippen LogP contribution in [-0.2, 0) is 0 Å². The fourth-order valence-corrected chi connectivity index (χ4v) is 1.22. The van der Waals surface area contributed by atoms with Crippen molar-refractivity contribution in [3.8, 4) is 17.6 Å². The topological polar surface area (TPSA) is 9.23 Å². The van der Waals surface area contributed by atoms with E-state index in [1.54, 1.807) is 6.07 Å². The Morgan fingerprint density at radius 2 is 2.19 bits per heavy atom. The third kappa shape index (κ3) is 4.12. The molecule has 0 aliphatic rings. The van der Waals surface area contributed by atoms with Crippen LogP contribution in [0.2, 0.25) is 0 Å². The molecule has 0 saturated heterocycles. The molecule has 1 nitrogen and oxygen atoms in total. The summed E-state index contributed by atoms with van der Waals surface area (Å²) in [5, 5.41) is 0. The second-order valence-electron chi connectivity index (χ2n) is 3.45. The molecule has 0 radical (unpaired) electrons. The molecule has 1 atom stereocenters. The lowest BCUT2D eigenvalue weighted by molar-refractivity contribution is 0.216. The Bertz CT molecular complexity index is 406. The van der Waals surface area contributed by atoms with Crippen LogP contribution in [0.5, 0.6) is 5.75 Å². The largest absolute Gasteiger partial charge is 0.491 e. The van der Waals surface area contributed by atoms with Gasteiger partial charge in [0.05, 0.1) is 12.0 Å². The fourth-order valence-electron chi connectivity index (χ4n) is 1.15. The fraction of sp³-hybridized carbons (Fsp3) is 0.385. The van der Waals surface area contributed by atoms with Crippen molar-refractivity contribution in [1.29, 1.82) is 0 Å². The predicted octanol–water partition coefficient (Wildman–Crippen LogP) is 3.59. The summed E-state index contributed by atoms with van der Waals surface area (Å²) in [6.45, 7) is 3.95. The smallest absolute Gasteiger partial charge is 0.128 e. The Morgan fingerprint density at radius 3 is 2.81 bits per heavy atom. The SMILES string of the molecule is CCC(C)Oc1cc(F)cc(C#CCCl)c1. The number of halogens is 2. The van der Waals surface area contributed by atoms with E-state index < -0.39 is 0 Å². The van der Waals surface area contributed by atoms with E-state index in [0.29, 0.717) is 11.3 Å². The van der Waals surface area contributed by atoms with E-state index in [-0.39, 0.29) is 17.8 Å². The summed E-state index contributed by atoms with van der Waals surface area (Å²) in [4.78, 5) is 0. The molecule has 0 amide bonds. The van der Waals surface area contributed by atoms with Crippen molar-refractivity contribution in [1.82, 2.24) is 0 Å². The zero-order valence-electron chi connectivity index (χ0n) is 9.39. The average molecular weight is 241 g/mol. The van der Waals surface area contributed by atoms with Crippen LogP contribution in [0.4, 0.5) is 4.39 Å². The van der Waals surface area contributed by atoms with Gasteiger partial charge < -0.3 is 4.74 Å². The van der Waals surface area contributed by atoms with Crippen LogP contribution in [0.3, 0.4) is 0 Å². The molecular weight excluding hydrogens is 227 g/mol. The van der Waals surface area contributed by atoms with Gasteiger partial charge in [0.2, 0.25) is 0 Å². The first kappa shape index (κ1) is 12.9. The normalized spacial score (nSPS) is 11.5. The van der Waals surface area contributed by atoms with Crippen LogP contribution in [0.15, 0.2) is 18.2 Å². The molecule has 1 rings (SSSR count). The second kappa shape index (κ2) is 6.40. The van der Waals surface area contributed by atoms with E-state index in [2.05, 4.69) is 11.8 Å². The summed E-state index contributed by atoms with van der Waals surface area (Å²) in [5.74, 6) is 5.84. The van der Waals surface area contributed by atoms with Gasteiger partial charge in [-0.1, -0.05) is 18.8 Å². The molecule has 16 heavy (non-hydrogen) atoms. The van der Waals surface area contributed by atoms with E-state index in [1.165, 1.54) is 12.1 Å². The molecule has 0 aliphatic heterocycles. The van der Waals surface area contributed by atoms with Crippen LogP contribution in [0, 0.1) is 17.7 Å². The first-order chi connectivity index (χ1) is 7.65. The molecule has 3 heteroatoms. The maximum absolute atomic E-state index is 13.2. The lowest BCUT2D eigenvalue weighted by Crippen LogP contribution is -2.09. The van der Waals surface area contributed by atoms with Crippen molar-refractivity contribution < 1.29 is 9.13 Å². The standard InChI is InChI=1S/C13H14ClFO/c1-3-10(2)16-13-8-11(5-4-6-14)7-12(15)9-13/h7-10H,3,6H2,1-2H3. The summed E-state index contributed by atoms with van der Waals surface area (Å²) in [6, 6.07) is 4.44. The number of ether oxygens (including phenoxy) is 1. The highest BCUT2D eigenvalue weighted by Gasteiger charge is 2.04. The van der Waals surface area contributed by atoms with Crippen molar-refractivity contribution >= 4 is 11.6 Å². The van der Waals surface area contributed by atoms with Crippen LogP contribution in [0.1, 0.15) is 25.8 Å². The minimum atomic E-state index is -0.348. The summed E-state index contributed by atoms with van der Waals surface area (Å²) in [6.07, 6.45) is 0.940. The maximum Gasteiger partial charge on any atom is 0.128 e. The van der Waals surface area contributed by atoms with Crippen molar-refractivity contribution in [3.63, 3.8) is 0 Å². The van der Waals surface area contributed by atoms with Crippen molar-refractivity contribution in [3.05, 3.63) is 29.6 Å². The molecule has 1 aromatic carbocycles. The van der Waals surface area contributed by atoms with Crippen LogP contribution in [-0.4, -0.2) is 12.0 Å². The third-order valence-electron chi connectivity index (χ3n) is 2.08. The van der Waals surface area contributed by atoms with Gasteiger partial charge in [0.15, 0.2) is 0 Å². The molecule has 0 N–H and O–H groups in total. The number of benzene rings is 1. The zero-order valence-corrected chi connectivity index (χ0v) is 10.1. The van der Waals surface area contributed by atoms with Crippen LogP contribution >= 0.6 is 11.6 Å². The maximum atomic E-state index is 13.2. The second-order valence-corrected chi connectivity index (χ2v) is 3.71. The van der Waals surface area contributed by atoms with E-state index in [1.807, 2.05) is 13.8 Å². The van der Waals surface area contributed by atoms with E-state index in [4.69, 9.17) is 16.3 Å². The Kier molecular flexibility index (Phi) is 5.14. The lowest BCUT2D eigenvalue weighted by atomic mass is 10.2. The first-order valence-corrected chi connectivity index (χ1v) is 5.71. The van der Waals surface area contributed by atoms with Crippen LogP contribution in [0.25, 0.3) is 0 Å². The van der Waals surface area contributed by atoms with Gasteiger partial charge in [-0.15, -0.1) is 11.6 Å². The monoisotopic (exact) mass is 240 g/mol. The van der Waals surface area contributed by atoms with Gasteiger partial charge in [-0.3, -0.25) is 0 Å². The minimum Gasteiger partial charge on any atom is -0.491 e. The summed E-state index contributed by atoms with van der Waals surface area (Å²) < 4.78 is 18.8. The van der Waals surface area contributed by atoms with Gasteiger partial charge in [-0.25, -0.2) is 4.39 Å². The van der Waals surface area contributed by atoms with Gasteiger partial charge >= 0.3 is 0 Å². The highest BCUT2D eigenvalue weighted by molar-refractivity contribution is 6.19. The van der Waals surface area contributed by atoms with Crippen molar-refractivity contribution in [2.24, 2.45) is 0 Å². The molecule has 0 bridgehead atoms. The van der Waals surface area contributed by atoms with Crippen LogP contribution < -0.4 is 4.74 Å². The number of hydrogen-bond acceptors (Lipinski definition) is 1. The molecule has 86 valence electrons. The minimum absolute atomic E-state index is 0.0654. The molecule has 1 aromatic rings. The van der Waals surface area contributed by atoms with Gasteiger partial charge in [0, 0.05) is 11.6 Å². The molecule has 0 saturated carbocycles. The third-order valence-corrected chi connectivity index (χ3v) is 2.22. The Balaban J connectivity index is 2.89. The first-order valence-electron chi connectivity index (χ1n) is 5.17. The molecule has 0 aliphatic carbocycles. The molecule has 0 fully saturated rings. The van der Waals surface area contributed by atoms with E-state index in [0.717, 1.165) is 6.42 Å². The number of rotatable bonds is 3. The van der Waals surface area contributed by atoms with Gasteiger partial charge in [-0.05, 0) is 25.5 Å². The predicted molar refractivity (Wildman–Crippen MR) is 64.4 cm³/mol. The highest BCUT2D eigenvalue weighted by atomic mass is 35.5. The van der Waals surface area contributed by atoms with E-state index in [9.17, 15) is 4.39 Å².